The van der Waals surface area contributed by atoms with Crippen molar-refractivity contribution in [1.29, 1.82) is 0 Å². The highest BCUT2D eigenvalue weighted by Gasteiger charge is 2.06. The van der Waals surface area contributed by atoms with E-state index in [1.807, 2.05) is 30.3 Å². The van der Waals surface area contributed by atoms with E-state index in [-0.39, 0.29) is 0 Å². The van der Waals surface area contributed by atoms with E-state index >= 15 is 0 Å². The summed E-state index contributed by atoms with van der Waals surface area (Å²) in [6.07, 6.45) is 7.33. The molecule has 0 saturated carbocycles. The van der Waals surface area contributed by atoms with Gasteiger partial charge < -0.3 is 4.42 Å². The minimum atomic E-state index is 0.809. The van der Waals surface area contributed by atoms with Gasteiger partial charge in [-0.15, -0.1) is 11.3 Å². The van der Waals surface area contributed by atoms with Crippen LogP contribution in [-0.4, -0.2) is 4.98 Å². The van der Waals surface area contributed by atoms with Crippen LogP contribution in [0.15, 0.2) is 41.0 Å². The van der Waals surface area contributed by atoms with Crippen LogP contribution >= 0.6 is 22.9 Å². The first-order chi connectivity index (χ1) is 9.83. The Morgan fingerprint density at radius 3 is 2.75 bits per heavy atom. The van der Waals surface area contributed by atoms with Crippen molar-refractivity contribution in [3.05, 3.63) is 52.4 Å². The van der Waals surface area contributed by atoms with Crippen LogP contribution in [-0.2, 0) is 12.8 Å². The van der Waals surface area contributed by atoms with E-state index in [0.717, 1.165) is 40.3 Å². The molecule has 4 heteroatoms. The minimum Gasteiger partial charge on any atom is -0.469 e. The lowest BCUT2D eigenvalue weighted by Gasteiger charge is -1.97. The summed E-state index contributed by atoms with van der Waals surface area (Å²) in [7, 11) is 0. The molecule has 0 aliphatic heterocycles. The van der Waals surface area contributed by atoms with Crippen molar-refractivity contribution in [3.8, 4) is 0 Å². The molecule has 0 aliphatic rings. The fourth-order valence-corrected chi connectivity index (χ4v) is 3.57. The summed E-state index contributed by atoms with van der Waals surface area (Å²) >= 11 is 7.89. The van der Waals surface area contributed by atoms with Crippen LogP contribution < -0.4 is 0 Å². The Bertz CT molecular complexity index is 675. The maximum absolute atomic E-state index is 6.17. The van der Waals surface area contributed by atoms with Crippen LogP contribution in [0.3, 0.4) is 0 Å². The molecule has 0 aliphatic carbocycles. The highest BCUT2D eigenvalue weighted by atomic mass is 35.5. The fourth-order valence-electron chi connectivity index (χ4n) is 2.28. The zero-order valence-corrected chi connectivity index (χ0v) is 12.7. The quantitative estimate of drug-likeness (QED) is 0.562. The number of aryl methyl sites for hydroxylation is 2. The van der Waals surface area contributed by atoms with Crippen molar-refractivity contribution < 1.29 is 4.42 Å². The Balaban J connectivity index is 1.49. The fraction of sp³-hybridized carbons (Fsp3) is 0.312. The number of hydrogen-bond donors (Lipinski definition) is 0. The normalized spacial score (nSPS) is 11.2. The standard InChI is InChI=1S/C16H16ClNOS/c17-13-8-4-9-14-16(13)20-15(18-14)10-3-1-2-6-12-7-5-11-19-12/h4-5,7-9,11H,1-3,6,10H2. The van der Waals surface area contributed by atoms with Gasteiger partial charge in [-0.05, 0) is 43.5 Å². The van der Waals surface area contributed by atoms with Gasteiger partial charge in [-0.25, -0.2) is 4.98 Å². The summed E-state index contributed by atoms with van der Waals surface area (Å²) in [6, 6.07) is 9.89. The molecule has 104 valence electrons. The van der Waals surface area contributed by atoms with E-state index in [2.05, 4.69) is 4.98 Å². The van der Waals surface area contributed by atoms with Crippen LogP contribution in [0.25, 0.3) is 10.2 Å². The molecule has 2 heterocycles. The van der Waals surface area contributed by atoms with Gasteiger partial charge in [0.25, 0.3) is 0 Å². The summed E-state index contributed by atoms with van der Waals surface area (Å²) in [6.45, 7) is 0. The first-order valence-electron chi connectivity index (χ1n) is 6.89. The molecule has 3 rings (SSSR count). The Morgan fingerprint density at radius 2 is 1.95 bits per heavy atom. The van der Waals surface area contributed by atoms with Gasteiger partial charge in [-0.1, -0.05) is 24.1 Å². The Kier molecular flexibility index (Phi) is 4.38. The number of rotatable bonds is 6. The topological polar surface area (TPSA) is 26.0 Å². The molecular weight excluding hydrogens is 290 g/mol. The molecule has 0 fully saturated rings. The first-order valence-corrected chi connectivity index (χ1v) is 8.09. The molecule has 0 N–H and O–H groups in total. The number of fused-ring (bicyclic) bond motifs is 1. The van der Waals surface area contributed by atoms with Crippen molar-refractivity contribution in [1.82, 2.24) is 4.98 Å². The molecule has 0 saturated heterocycles. The van der Waals surface area contributed by atoms with Crippen LogP contribution in [0.4, 0.5) is 0 Å². The van der Waals surface area contributed by atoms with Crippen LogP contribution in [0, 0.1) is 0 Å². The van der Waals surface area contributed by atoms with Crippen molar-refractivity contribution in [2.24, 2.45) is 0 Å². The molecule has 0 bridgehead atoms. The maximum atomic E-state index is 6.17. The van der Waals surface area contributed by atoms with Crippen molar-refractivity contribution in [3.63, 3.8) is 0 Å². The molecule has 0 atom stereocenters. The summed E-state index contributed by atoms with van der Waals surface area (Å²) in [4.78, 5) is 4.64. The molecule has 2 aromatic heterocycles. The minimum absolute atomic E-state index is 0.809. The lowest BCUT2D eigenvalue weighted by Crippen LogP contribution is -1.87. The van der Waals surface area contributed by atoms with Crippen LogP contribution in [0.2, 0.25) is 5.02 Å². The lowest BCUT2D eigenvalue weighted by molar-refractivity contribution is 0.495. The van der Waals surface area contributed by atoms with Gasteiger partial charge in [-0.2, -0.15) is 0 Å². The Labute approximate surface area is 127 Å². The molecule has 0 unspecified atom stereocenters. The van der Waals surface area contributed by atoms with E-state index in [0.29, 0.717) is 0 Å². The third kappa shape index (κ3) is 3.22. The SMILES string of the molecule is Clc1cccc2nc(CCCCCc3ccco3)sc12. The zero-order valence-electron chi connectivity index (χ0n) is 11.1. The van der Waals surface area contributed by atoms with Gasteiger partial charge in [-0.3, -0.25) is 0 Å². The van der Waals surface area contributed by atoms with E-state index in [1.165, 1.54) is 17.8 Å². The van der Waals surface area contributed by atoms with Gasteiger partial charge >= 0.3 is 0 Å². The van der Waals surface area contributed by atoms with Gasteiger partial charge in [0.2, 0.25) is 0 Å². The predicted octanol–water partition coefficient (Wildman–Crippen LogP) is 5.50. The van der Waals surface area contributed by atoms with Crippen LogP contribution in [0.1, 0.15) is 30.0 Å². The summed E-state index contributed by atoms with van der Waals surface area (Å²) in [5.41, 5.74) is 1.02. The zero-order chi connectivity index (χ0) is 13.8. The second-order valence-corrected chi connectivity index (χ2v) is 6.33. The number of unbranched alkanes of at least 4 members (excludes halogenated alkanes) is 2. The van der Waals surface area contributed by atoms with Gasteiger partial charge in [0, 0.05) is 6.42 Å². The molecule has 0 amide bonds. The molecule has 20 heavy (non-hydrogen) atoms. The molecule has 0 spiro atoms. The number of thiazole rings is 1. The smallest absolute Gasteiger partial charge is 0.103 e. The highest BCUT2D eigenvalue weighted by molar-refractivity contribution is 7.19. The number of furan rings is 1. The number of benzene rings is 1. The predicted molar refractivity (Wildman–Crippen MR) is 84.6 cm³/mol. The monoisotopic (exact) mass is 305 g/mol. The summed E-state index contributed by atoms with van der Waals surface area (Å²) in [5, 5.41) is 2.00. The average molecular weight is 306 g/mol. The highest BCUT2D eigenvalue weighted by Crippen LogP contribution is 2.29. The van der Waals surface area contributed by atoms with Gasteiger partial charge in [0.05, 0.1) is 26.5 Å². The van der Waals surface area contributed by atoms with Gasteiger partial charge in [0.15, 0.2) is 0 Å². The molecule has 3 aromatic rings. The molecule has 0 radical (unpaired) electrons. The second kappa shape index (κ2) is 6.42. The Morgan fingerprint density at radius 1 is 1.05 bits per heavy atom. The Hall–Kier alpha value is -1.32. The average Bonchev–Trinajstić information content (AvgIpc) is 3.08. The van der Waals surface area contributed by atoms with Gasteiger partial charge in [0.1, 0.15) is 5.76 Å². The van der Waals surface area contributed by atoms with E-state index < -0.39 is 0 Å². The third-order valence-electron chi connectivity index (χ3n) is 3.31. The van der Waals surface area contributed by atoms with E-state index in [4.69, 9.17) is 16.0 Å². The van der Waals surface area contributed by atoms with E-state index in [1.54, 1.807) is 17.6 Å². The largest absolute Gasteiger partial charge is 0.469 e. The number of nitrogens with zero attached hydrogens (tertiary/aromatic N) is 1. The van der Waals surface area contributed by atoms with E-state index in [9.17, 15) is 0 Å². The lowest BCUT2D eigenvalue weighted by atomic mass is 10.1. The number of halogens is 1. The summed E-state index contributed by atoms with van der Waals surface area (Å²) < 4.78 is 6.44. The van der Waals surface area contributed by atoms with Crippen molar-refractivity contribution in [2.75, 3.05) is 0 Å². The number of hydrogen-bond acceptors (Lipinski definition) is 3. The second-order valence-electron chi connectivity index (χ2n) is 4.84. The first kappa shape index (κ1) is 13.7. The third-order valence-corrected chi connectivity index (χ3v) is 4.90. The summed E-state index contributed by atoms with van der Waals surface area (Å²) in [5.74, 6) is 1.08. The molecule has 2 nitrogen and oxygen atoms in total. The molecular formula is C16H16ClNOS. The maximum Gasteiger partial charge on any atom is 0.103 e. The molecule has 1 aromatic carbocycles. The number of aromatic nitrogens is 1. The van der Waals surface area contributed by atoms with Crippen molar-refractivity contribution in [2.45, 2.75) is 32.1 Å². The van der Waals surface area contributed by atoms with Crippen molar-refractivity contribution >= 4 is 33.2 Å². The van der Waals surface area contributed by atoms with Crippen LogP contribution in [0.5, 0.6) is 0 Å².